The Hall–Kier alpha value is -0.260. The minimum absolute atomic E-state index is 0.785. The minimum Gasteiger partial charge on any atom is -0.103 e. The van der Waals surface area contributed by atoms with Crippen molar-refractivity contribution < 1.29 is 0 Å². The molecule has 0 aliphatic heterocycles. The third-order valence-corrected chi connectivity index (χ3v) is 2.04. The molecule has 1 radical (unpaired) electrons. The van der Waals surface area contributed by atoms with E-state index in [0.29, 0.717) is 0 Å². The standard InChI is InChI=1S/C9H15/c1-2-9-7-5-3-4-6-8-9/h2,5,9H,1,3-4,6-8H2. The summed E-state index contributed by atoms with van der Waals surface area (Å²) in [6.07, 6.45) is 11.2. The smallest absolute Gasteiger partial charge is 0.0233 e. The second-order valence-corrected chi connectivity index (χ2v) is 2.80. The summed E-state index contributed by atoms with van der Waals surface area (Å²) in [6, 6.07) is 0. The number of rotatable bonds is 1. The minimum atomic E-state index is 0.785. The molecule has 1 aliphatic rings. The van der Waals surface area contributed by atoms with E-state index in [4.69, 9.17) is 0 Å². The zero-order chi connectivity index (χ0) is 6.53. The van der Waals surface area contributed by atoms with Gasteiger partial charge in [-0.1, -0.05) is 25.3 Å². The highest BCUT2D eigenvalue weighted by Gasteiger charge is 2.07. The van der Waals surface area contributed by atoms with Gasteiger partial charge in [0.1, 0.15) is 0 Å². The van der Waals surface area contributed by atoms with Crippen molar-refractivity contribution in [3.63, 3.8) is 0 Å². The van der Waals surface area contributed by atoms with E-state index in [0.717, 1.165) is 5.92 Å². The maximum atomic E-state index is 3.81. The Morgan fingerprint density at radius 1 is 1.44 bits per heavy atom. The average molecular weight is 123 g/mol. The maximum absolute atomic E-state index is 3.81. The summed E-state index contributed by atoms with van der Waals surface area (Å²) >= 11 is 0. The molecule has 51 valence electrons. The predicted octanol–water partition coefficient (Wildman–Crippen LogP) is 2.96. The quantitative estimate of drug-likeness (QED) is 0.371. The Morgan fingerprint density at radius 3 is 3.11 bits per heavy atom. The molecular weight excluding hydrogens is 108 g/mol. The SMILES string of the molecule is C=CC1C[CH]CCCC1. The molecular formula is C9H15. The van der Waals surface area contributed by atoms with Crippen LogP contribution in [0.4, 0.5) is 0 Å². The zero-order valence-corrected chi connectivity index (χ0v) is 5.97. The Bertz CT molecular complexity index is 76.0. The van der Waals surface area contributed by atoms with Gasteiger partial charge in [-0.25, -0.2) is 0 Å². The lowest BCUT2D eigenvalue weighted by molar-refractivity contribution is 0.585. The first-order valence-corrected chi connectivity index (χ1v) is 3.87. The molecule has 0 N–H and O–H groups in total. The molecule has 0 amide bonds. The van der Waals surface area contributed by atoms with Gasteiger partial charge in [-0.05, 0) is 25.2 Å². The van der Waals surface area contributed by atoms with Gasteiger partial charge in [-0.15, -0.1) is 6.58 Å². The molecule has 1 unspecified atom stereocenters. The molecule has 9 heavy (non-hydrogen) atoms. The van der Waals surface area contributed by atoms with Crippen molar-refractivity contribution in [1.29, 1.82) is 0 Å². The lowest BCUT2D eigenvalue weighted by atomic mass is 10.0. The zero-order valence-electron chi connectivity index (χ0n) is 5.97. The van der Waals surface area contributed by atoms with E-state index < -0.39 is 0 Å². The van der Waals surface area contributed by atoms with Crippen LogP contribution in [0, 0.1) is 12.3 Å². The normalized spacial score (nSPS) is 23.1. The molecule has 0 spiro atoms. The molecule has 0 aromatic heterocycles. The van der Waals surface area contributed by atoms with Crippen LogP contribution >= 0.6 is 0 Å². The lowest BCUT2D eigenvalue weighted by Crippen LogP contribution is -1.91. The highest BCUT2D eigenvalue weighted by Crippen LogP contribution is 2.22. The molecule has 1 aliphatic carbocycles. The maximum Gasteiger partial charge on any atom is -0.0233 e. The van der Waals surface area contributed by atoms with Crippen LogP contribution in [0.15, 0.2) is 12.7 Å². The van der Waals surface area contributed by atoms with Gasteiger partial charge in [0.15, 0.2) is 0 Å². The van der Waals surface area contributed by atoms with Crippen molar-refractivity contribution in [1.82, 2.24) is 0 Å². The molecule has 1 fully saturated rings. The molecule has 0 nitrogen and oxygen atoms in total. The van der Waals surface area contributed by atoms with E-state index in [-0.39, 0.29) is 0 Å². The van der Waals surface area contributed by atoms with Crippen molar-refractivity contribution in [2.24, 2.45) is 5.92 Å². The van der Waals surface area contributed by atoms with E-state index in [1.54, 1.807) is 0 Å². The van der Waals surface area contributed by atoms with E-state index in [1.807, 2.05) is 0 Å². The highest BCUT2D eigenvalue weighted by molar-refractivity contribution is 4.85. The molecule has 0 aromatic rings. The molecule has 1 rings (SSSR count). The van der Waals surface area contributed by atoms with Gasteiger partial charge in [-0.2, -0.15) is 0 Å². The summed E-state index contributed by atoms with van der Waals surface area (Å²) in [6.45, 7) is 3.81. The van der Waals surface area contributed by atoms with Crippen molar-refractivity contribution in [3.8, 4) is 0 Å². The molecule has 0 heteroatoms. The molecule has 0 saturated heterocycles. The largest absolute Gasteiger partial charge is 0.103 e. The topological polar surface area (TPSA) is 0 Å². The van der Waals surface area contributed by atoms with E-state index in [1.165, 1.54) is 32.1 Å². The fourth-order valence-electron chi connectivity index (χ4n) is 1.36. The van der Waals surface area contributed by atoms with Crippen molar-refractivity contribution in [3.05, 3.63) is 19.1 Å². The van der Waals surface area contributed by atoms with Crippen LogP contribution in [-0.4, -0.2) is 0 Å². The van der Waals surface area contributed by atoms with Crippen LogP contribution in [0.3, 0.4) is 0 Å². The summed E-state index contributed by atoms with van der Waals surface area (Å²) in [7, 11) is 0. The van der Waals surface area contributed by atoms with Crippen LogP contribution in [0.25, 0.3) is 0 Å². The molecule has 1 atom stereocenters. The number of hydrogen-bond acceptors (Lipinski definition) is 0. The molecule has 1 saturated carbocycles. The first-order valence-electron chi connectivity index (χ1n) is 3.87. The second kappa shape index (κ2) is 3.71. The lowest BCUT2D eigenvalue weighted by Gasteiger charge is -2.04. The van der Waals surface area contributed by atoms with Gasteiger partial charge < -0.3 is 0 Å². The summed E-state index contributed by atoms with van der Waals surface area (Å²) in [5.74, 6) is 0.785. The van der Waals surface area contributed by atoms with Gasteiger partial charge in [0.05, 0.1) is 0 Å². The molecule has 0 heterocycles. The van der Waals surface area contributed by atoms with Crippen molar-refractivity contribution in [2.75, 3.05) is 0 Å². The van der Waals surface area contributed by atoms with Gasteiger partial charge in [0, 0.05) is 0 Å². The van der Waals surface area contributed by atoms with Gasteiger partial charge in [0.25, 0.3) is 0 Å². The summed E-state index contributed by atoms with van der Waals surface area (Å²) in [4.78, 5) is 0. The van der Waals surface area contributed by atoms with E-state index >= 15 is 0 Å². The average Bonchev–Trinajstić information content (AvgIpc) is 2.13. The number of hydrogen-bond donors (Lipinski definition) is 0. The van der Waals surface area contributed by atoms with Gasteiger partial charge >= 0.3 is 0 Å². The highest BCUT2D eigenvalue weighted by atomic mass is 14.1. The monoisotopic (exact) mass is 123 g/mol. The summed E-state index contributed by atoms with van der Waals surface area (Å²) in [5.41, 5.74) is 0. The fraction of sp³-hybridized carbons (Fsp3) is 0.667. The van der Waals surface area contributed by atoms with Crippen LogP contribution in [0.1, 0.15) is 32.1 Å². The van der Waals surface area contributed by atoms with Crippen LogP contribution in [0.2, 0.25) is 0 Å². The Kier molecular flexibility index (Phi) is 2.82. The van der Waals surface area contributed by atoms with Crippen LogP contribution < -0.4 is 0 Å². The van der Waals surface area contributed by atoms with Gasteiger partial charge in [0.2, 0.25) is 0 Å². The second-order valence-electron chi connectivity index (χ2n) is 2.80. The Balaban J connectivity index is 2.26. The Morgan fingerprint density at radius 2 is 2.33 bits per heavy atom. The Labute approximate surface area is 58.0 Å². The number of allylic oxidation sites excluding steroid dienone is 1. The third kappa shape index (κ3) is 2.21. The predicted molar refractivity (Wildman–Crippen MR) is 41.1 cm³/mol. The van der Waals surface area contributed by atoms with E-state index in [9.17, 15) is 0 Å². The molecule has 0 bridgehead atoms. The summed E-state index contributed by atoms with van der Waals surface area (Å²) < 4.78 is 0. The summed E-state index contributed by atoms with van der Waals surface area (Å²) in [5, 5.41) is 0. The van der Waals surface area contributed by atoms with Crippen molar-refractivity contribution in [2.45, 2.75) is 32.1 Å². The third-order valence-electron chi connectivity index (χ3n) is 2.04. The van der Waals surface area contributed by atoms with Gasteiger partial charge in [-0.3, -0.25) is 0 Å². The van der Waals surface area contributed by atoms with E-state index in [2.05, 4.69) is 19.1 Å². The fourth-order valence-corrected chi connectivity index (χ4v) is 1.36. The van der Waals surface area contributed by atoms with Crippen LogP contribution in [0.5, 0.6) is 0 Å². The van der Waals surface area contributed by atoms with Crippen LogP contribution in [-0.2, 0) is 0 Å². The van der Waals surface area contributed by atoms with Crippen molar-refractivity contribution >= 4 is 0 Å². The first kappa shape index (κ1) is 6.85. The first-order chi connectivity index (χ1) is 4.43. The molecule has 0 aromatic carbocycles.